The maximum absolute atomic E-state index is 11.7. The first-order chi connectivity index (χ1) is 10.2. The summed E-state index contributed by atoms with van der Waals surface area (Å²) < 4.78 is 5.01. The zero-order valence-electron chi connectivity index (χ0n) is 12.5. The average molecular weight is 292 g/mol. The van der Waals surface area contributed by atoms with Crippen LogP contribution < -0.4 is 5.32 Å². The zero-order chi connectivity index (χ0) is 15.1. The van der Waals surface area contributed by atoms with Crippen molar-refractivity contribution in [3.05, 3.63) is 35.9 Å². The third-order valence-corrected chi connectivity index (χ3v) is 4.00. The lowest BCUT2D eigenvalue weighted by atomic mass is 9.88. The van der Waals surface area contributed by atoms with Crippen LogP contribution in [-0.2, 0) is 16.1 Å². The largest absolute Gasteiger partial charge is 0.480 e. The molecule has 2 N–H and O–H groups in total. The first-order valence-corrected chi connectivity index (χ1v) is 7.40. The third-order valence-electron chi connectivity index (χ3n) is 4.00. The molecule has 0 saturated carbocycles. The molecule has 5 heteroatoms. The molecule has 1 saturated heterocycles. The minimum Gasteiger partial charge on any atom is -0.480 e. The normalized spacial score (nSPS) is 23.1. The Morgan fingerprint density at radius 2 is 2.19 bits per heavy atom. The van der Waals surface area contributed by atoms with Crippen LogP contribution in [0.1, 0.15) is 18.4 Å². The number of carboxylic acid groups (broad SMARTS) is 1. The van der Waals surface area contributed by atoms with Crippen LogP contribution in [0.4, 0.5) is 0 Å². The molecule has 0 aliphatic carbocycles. The van der Waals surface area contributed by atoms with Crippen molar-refractivity contribution in [2.45, 2.75) is 24.9 Å². The molecule has 1 heterocycles. The highest BCUT2D eigenvalue weighted by molar-refractivity contribution is 5.79. The number of aliphatic carboxylic acids is 1. The number of hydrogen-bond donors (Lipinski definition) is 2. The molecule has 0 amide bonds. The number of nitrogens with one attached hydrogen (secondary N) is 1. The smallest absolute Gasteiger partial charge is 0.325 e. The van der Waals surface area contributed by atoms with Gasteiger partial charge in [0.1, 0.15) is 5.54 Å². The van der Waals surface area contributed by atoms with Crippen molar-refractivity contribution in [1.29, 1.82) is 0 Å². The van der Waals surface area contributed by atoms with Gasteiger partial charge in [-0.25, -0.2) is 0 Å². The fourth-order valence-electron chi connectivity index (χ4n) is 2.91. The standard InChI is InChI=1S/C16H24N2O3/c1-21-11-9-17-16(15(19)20)8-5-10-18(13-16)12-14-6-3-2-4-7-14/h2-4,6-7,17H,5,8-13H2,1H3,(H,19,20). The van der Waals surface area contributed by atoms with Crippen molar-refractivity contribution in [3.8, 4) is 0 Å². The Morgan fingerprint density at radius 1 is 1.43 bits per heavy atom. The summed E-state index contributed by atoms with van der Waals surface area (Å²) in [6.07, 6.45) is 1.55. The predicted molar refractivity (Wildman–Crippen MR) is 81.2 cm³/mol. The Bertz CT molecular complexity index is 452. The van der Waals surface area contributed by atoms with Gasteiger partial charge in [-0.2, -0.15) is 0 Å². The molecule has 0 bridgehead atoms. The molecule has 0 aromatic heterocycles. The number of carbonyl (C=O) groups is 1. The molecule has 2 rings (SSSR count). The van der Waals surface area contributed by atoms with Crippen LogP contribution in [-0.4, -0.2) is 54.9 Å². The lowest BCUT2D eigenvalue weighted by Gasteiger charge is -2.40. The van der Waals surface area contributed by atoms with Gasteiger partial charge in [0.2, 0.25) is 0 Å². The van der Waals surface area contributed by atoms with E-state index in [2.05, 4.69) is 22.3 Å². The van der Waals surface area contributed by atoms with Crippen LogP contribution in [0.3, 0.4) is 0 Å². The molecule has 1 aliphatic heterocycles. The lowest BCUT2D eigenvalue weighted by molar-refractivity contribution is -0.147. The van der Waals surface area contributed by atoms with Crippen molar-refractivity contribution in [3.63, 3.8) is 0 Å². The molecule has 21 heavy (non-hydrogen) atoms. The van der Waals surface area contributed by atoms with Gasteiger partial charge in [0, 0.05) is 26.7 Å². The molecule has 1 fully saturated rings. The van der Waals surface area contributed by atoms with E-state index >= 15 is 0 Å². The highest BCUT2D eigenvalue weighted by Gasteiger charge is 2.41. The monoisotopic (exact) mass is 292 g/mol. The quantitative estimate of drug-likeness (QED) is 0.743. The summed E-state index contributed by atoms with van der Waals surface area (Å²) in [5, 5.41) is 12.8. The summed E-state index contributed by atoms with van der Waals surface area (Å²) in [6, 6.07) is 10.2. The summed E-state index contributed by atoms with van der Waals surface area (Å²) in [7, 11) is 1.62. The first kappa shape index (κ1) is 15.9. The number of benzene rings is 1. The summed E-state index contributed by atoms with van der Waals surface area (Å²) in [6.45, 7) is 3.34. The summed E-state index contributed by atoms with van der Waals surface area (Å²) in [5.74, 6) is -0.767. The van der Waals surface area contributed by atoms with Gasteiger partial charge in [0.15, 0.2) is 0 Å². The van der Waals surface area contributed by atoms with E-state index in [0.29, 0.717) is 26.1 Å². The molecule has 1 aliphatic rings. The van der Waals surface area contributed by atoms with E-state index < -0.39 is 11.5 Å². The Balaban J connectivity index is 2.00. The molecule has 1 aromatic carbocycles. The van der Waals surface area contributed by atoms with Gasteiger partial charge in [0.25, 0.3) is 0 Å². The predicted octanol–water partition coefficient (Wildman–Crippen LogP) is 1.34. The second kappa shape index (κ2) is 7.54. The van der Waals surface area contributed by atoms with Crippen molar-refractivity contribution in [2.75, 3.05) is 33.4 Å². The van der Waals surface area contributed by atoms with Crippen LogP contribution >= 0.6 is 0 Å². The minimum absolute atomic E-state index is 0.522. The summed E-state index contributed by atoms with van der Waals surface area (Å²) in [4.78, 5) is 14.0. The van der Waals surface area contributed by atoms with Gasteiger partial charge in [-0.15, -0.1) is 0 Å². The number of methoxy groups -OCH3 is 1. The van der Waals surface area contributed by atoms with E-state index in [0.717, 1.165) is 19.5 Å². The van der Waals surface area contributed by atoms with Crippen LogP contribution in [0.2, 0.25) is 0 Å². The van der Waals surface area contributed by atoms with Gasteiger partial charge in [-0.1, -0.05) is 30.3 Å². The SMILES string of the molecule is COCCNC1(C(=O)O)CCCN(Cc2ccccc2)C1. The molecular weight excluding hydrogens is 268 g/mol. The van der Waals surface area contributed by atoms with Gasteiger partial charge >= 0.3 is 5.97 Å². The fourth-order valence-corrected chi connectivity index (χ4v) is 2.91. The van der Waals surface area contributed by atoms with E-state index in [-0.39, 0.29) is 0 Å². The Kier molecular flexibility index (Phi) is 5.73. The second-order valence-electron chi connectivity index (χ2n) is 5.61. The van der Waals surface area contributed by atoms with Crippen molar-refractivity contribution >= 4 is 5.97 Å². The van der Waals surface area contributed by atoms with Crippen molar-refractivity contribution in [1.82, 2.24) is 10.2 Å². The molecule has 0 radical (unpaired) electrons. The van der Waals surface area contributed by atoms with E-state index in [4.69, 9.17) is 4.74 Å². The number of nitrogens with zero attached hydrogens (tertiary/aromatic N) is 1. The third kappa shape index (κ3) is 4.27. The number of piperidine rings is 1. The van der Waals surface area contributed by atoms with E-state index in [1.165, 1.54) is 5.56 Å². The first-order valence-electron chi connectivity index (χ1n) is 7.40. The molecule has 116 valence electrons. The molecular formula is C16H24N2O3. The van der Waals surface area contributed by atoms with Gasteiger partial charge in [-0.05, 0) is 24.9 Å². The van der Waals surface area contributed by atoms with Crippen LogP contribution in [0.15, 0.2) is 30.3 Å². The minimum atomic E-state index is -0.856. The summed E-state index contributed by atoms with van der Waals surface area (Å²) in [5.41, 5.74) is 0.363. The molecule has 5 nitrogen and oxygen atoms in total. The average Bonchev–Trinajstić information content (AvgIpc) is 2.49. The highest BCUT2D eigenvalue weighted by atomic mass is 16.5. The highest BCUT2D eigenvalue weighted by Crippen LogP contribution is 2.23. The van der Waals surface area contributed by atoms with Crippen LogP contribution in [0.5, 0.6) is 0 Å². The molecule has 1 aromatic rings. The van der Waals surface area contributed by atoms with Crippen LogP contribution in [0, 0.1) is 0 Å². The van der Waals surface area contributed by atoms with E-state index in [1.807, 2.05) is 18.2 Å². The fraction of sp³-hybridized carbons (Fsp3) is 0.562. The Labute approximate surface area is 125 Å². The lowest BCUT2D eigenvalue weighted by Crippen LogP contribution is -2.62. The van der Waals surface area contributed by atoms with E-state index in [1.54, 1.807) is 7.11 Å². The number of carboxylic acids is 1. The molecule has 1 unspecified atom stereocenters. The van der Waals surface area contributed by atoms with Gasteiger partial charge in [-0.3, -0.25) is 15.0 Å². The van der Waals surface area contributed by atoms with Crippen LogP contribution in [0.25, 0.3) is 0 Å². The number of likely N-dealkylation sites (tertiary alicyclic amines) is 1. The number of hydrogen-bond acceptors (Lipinski definition) is 4. The Hall–Kier alpha value is -1.43. The number of rotatable bonds is 7. The maximum atomic E-state index is 11.7. The number of ether oxygens (including phenoxy) is 1. The zero-order valence-corrected chi connectivity index (χ0v) is 12.5. The van der Waals surface area contributed by atoms with Crippen molar-refractivity contribution in [2.24, 2.45) is 0 Å². The maximum Gasteiger partial charge on any atom is 0.325 e. The Morgan fingerprint density at radius 3 is 2.86 bits per heavy atom. The van der Waals surface area contributed by atoms with Gasteiger partial charge in [0.05, 0.1) is 6.61 Å². The molecule has 1 atom stereocenters. The van der Waals surface area contributed by atoms with E-state index in [9.17, 15) is 9.90 Å². The summed E-state index contributed by atoms with van der Waals surface area (Å²) >= 11 is 0. The topological polar surface area (TPSA) is 61.8 Å². The molecule has 0 spiro atoms. The van der Waals surface area contributed by atoms with Gasteiger partial charge < -0.3 is 9.84 Å². The van der Waals surface area contributed by atoms with Crippen molar-refractivity contribution < 1.29 is 14.6 Å². The second-order valence-corrected chi connectivity index (χ2v) is 5.61.